The number of piperidine rings is 1. The Kier molecular flexibility index (Phi) is 4.90. The molecule has 0 aliphatic carbocycles. The number of nitrogens with zero attached hydrogens (tertiary/aromatic N) is 1. The number of hydrogen-bond acceptors (Lipinski definition) is 4. The van der Waals surface area contributed by atoms with Gasteiger partial charge < -0.3 is 10.6 Å². The van der Waals surface area contributed by atoms with Crippen LogP contribution < -0.4 is 10.6 Å². The van der Waals surface area contributed by atoms with Gasteiger partial charge in [0, 0.05) is 25.2 Å². The van der Waals surface area contributed by atoms with Crippen molar-refractivity contribution < 1.29 is 9.72 Å². The van der Waals surface area contributed by atoms with E-state index >= 15 is 0 Å². The third-order valence-corrected chi connectivity index (χ3v) is 3.91. The minimum atomic E-state index is -0.444. The second-order valence-electron chi connectivity index (χ2n) is 5.97. The molecular weight excluding hydrogens is 270 g/mol. The van der Waals surface area contributed by atoms with Crippen LogP contribution in [0, 0.1) is 15.5 Å². The molecule has 2 rings (SSSR count). The topological polar surface area (TPSA) is 84.3 Å². The van der Waals surface area contributed by atoms with Crippen molar-refractivity contribution in [2.75, 3.05) is 19.6 Å². The van der Waals surface area contributed by atoms with Gasteiger partial charge in [-0.05, 0) is 30.4 Å². The van der Waals surface area contributed by atoms with Crippen LogP contribution in [0.3, 0.4) is 0 Å². The van der Waals surface area contributed by atoms with Crippen LogP contribution in [-0.4, -0.2) is 30.5 Å². The van der Waals surface area contributed by atoms with Crippen molar-refractivity contribution in [1.29, 1.82) is 0 Å². The summed E-state index contributed by atoms with van der Waals surface area (Å²) < 4.78 is 0. The smallest absolute Gasteiger partial charge is 0.269 e. The Labute approximate surface area is 124 Å². The van der Waals surface area contributed by atoms with E-state index in [-0.39, 0.29) is 23.4 Å². The number of rotatable bonds is 5. The van der Waals surface area contributed by atoms with E-state index in [1.54, 1.807) is 12.1 Å². The van der Waals surface area contributed by atoms with Crippen LogP contribution in [0.25, 0.3) is 0 Å². The minimum Gasteiger partial charge on any atom is -0.355 e. The van der Waals surface area contributed by atoms with E-state index in [9.17, 15) is 14.9 Å². The summed E-state index contributed by atoms with van der Waals surface area (Å²) in [5.74, 6) is -0.0457. The fraction of sp³-hybridized carbons (Fsp3) is 0.533. The van der Waals surface area contributed by atoms with Crippen molar-refractivity contribution in [3.05, 3.63) is 39.9 Å². The molecule has 0 spiro atoms. The summed E-state index contributed by atoms with van der Waals surface area (Å²) in [5.41, 5.74) is 0.939. The van der Waals surface area contributed by atoms with Crippen molar-refractivity contribution in [2.24, 2.45) is 5.41 Å². The number of nitro benzene ring substituents is 1. The summed E-state index contributed by atoms with van der Waals surface area (Å²) in [7, 11) is 0. The number of nitrogens with one attached hydrogen (secondary N) is 2. The standard InChI is InChI=1S/C15H21N3O3/c1-15(7-2-8-16-10-15)11-17-14(19)9-12-3-5-13(6-4-12)18(20)21/h3-6,16H,2,7-11H2,1H3,(H,17,19). The molecule has 1 unspecified atom stereocenters. The SMILES string of the molecule is CC1(CNC(=O)Cc2ccc([N+](=O)[O-])cc2)CCCNC1. The molecule has 0 radical (unpaired) electrons. The van der Waals surface area contributed by atoms with Crippen molar-refractivity contribution in [3.8, 4) is 0 Å². The van der Waals surface area contributed by atoms with Crippen molar-refractivity contribution in [3.63, 3.8) is 0 Å². The van der Waals surface area contributed by atoms with E-state index in [1.807, 2.05) is 0 Å². The molecule has 0 aromatic heterocycles. The monoisotopic (exact) mass is 291 g/mol. The zero-order valence-corrected chi connectivity index (χ0v) is 12.2. The summed E-state index contributed by atoms with van der Waals surface area (Å²) in [6.45, 7) is 4.80. The van der Waals surface area contributed by atoms with E-state index in [1.165, 1.54) is 12.1 Å². The van der Waals surface area contributed by atoms with Gasteiger partial charge in [-0.2, -0.15) is 0 Å². The molecule has 0 saturated carbocycles. The summed E-state index contributed by atoms with van der Waals surface area (Å²) in [6, 6.07) is 6.10. The average Bonchev–Trinajstić information content (AvgIpc) is 2.47. The number of hydrogen-bond donors (Lipinski definition) is 2. The largest absolute Gasteiger partial charge is 0.355 e. The molecule has 1 aromatic carbocycles. The van der Waals surface area contributed by atoms with Gasteiger partial charge in [0.15, 0.2) is 0 Å². The van der Waals surface area contributed by atoms with Gasteiger partial charge in [0.05, 0.1) is 11.3 Å². The van der Waals surface area contributed by atoms with Crippen LogP contribution in [0.15, 0.2) is 24.3 Å². The van der Waals surface area contributed by atoms with Gasteiger partial charge in [-0.25, -0.2) is 0 Å². The third kappa shape index (κ3) is 4.53. The molecule has 6 nitrogen and oxygen atoms in total. The highest BCUT2D eigenvalue weighted by atomic mass is 16.6. The van der Waals surface area contributed by atoms with E-state index < -0.39 is 4.92 Å². The molecule has 0 bridgehead atoms. The highest BCUT2D eigenvalue weighted by Crippen LogP contribution is 2.24. The lowest BCUT2D eigenvalue weighted by atomic mass is 9.83. The zero-order chi connectivity index (χ0) is 15.3. The Balaban J connectivity index is 1.82. The van der Waals surface area contributed by atoms with Crippen LogP contribution in [0.4, 0.5) is 5.69 Å². The molecule has 6 heteroatoms. The average molecular weight is 291 g/mol. The van der Waals surface area contributed by atoms with E-state index in [2.05, 4.69) is 17.6 Å². The van der Waals surface area contributed by atoms with Crippen LogP contribution in [0.5, 0.6) is 0 Å². The summed E-state index contributed by atoms with van der Waals surface area (Å²) >= 11 is 0. The third-order valence-electron chi connectivity index (χ3n) is 3.91. The lowest BCUT2D eigenvalue weighted by molar-refractivity contribution is -0.384. The molecule has 21 heavy (non-hydrogen) atoms. The molecular formula is C15H21N3O3. The van der Waals surface area contributed by atoms with Gasteiger partial charge in [-0.1, -0.05) is 19.1 Å². The number of carbonyl (C=O) groups is 1. The van der Waals surface area contributed by atoms with Gasteiger partial charge in [0.2, 0.25) is 5.91 Å². The summed E-state index contributed by atoms with van der Waals surface area (Å²) in [5, 5.41) is 16.9. The van der Waals surface area contributed by atoms with Crippen LogP contribution >= 0.6 is 0 Å². The molecule has 114 valence electrons. The van der Waals surface area contributed by atoms with Gasteiger partial charge in [0.1, 0.15) is 0 Å². The van der Waals surface area contributed by atoms with Crippen molar-refractivity contribution in [1.82, 2.24) is 10.6 Å². The highest BCUT2D eigenvalue weighted by Gasteiger charge is 2.26. The van der Waals surface area contributed by atoms with Gasteiger partial charge in [0.25, 0.3) is 5.69 Å². The van der Waals surface area contributed by atoms with Crippen LogP contribution in [0.1, 0.15) is 25.3 Å². The molecule has 1 aliphatic rings. The predicted octanol–water partition coefficient (Wildman–Crippen LogP) is 1.64. The highest BCUT2D eigenvalue weighted by molar-refractivity contribution is 5.78. The quantitative estimate of drug-likeness (QED) is 0.638. The second-order valence-corrected chi connectivity index (χ2v) is 5.97. The molecule has 1 saturated heterocycles. The first-order valence-electron chi connectivity index (χ1n) is 7.19. The molecule has 2 N–H and O–H groups in total. The Morgan fingerprint density at radius 2 is 2.14 bits per heavy atom. The maximum absolute atomic E-state index is 12.0. The van der Waals surface area contributed by atoms with Gasteiger partial charge >= 0.3 is 0 Å². The zero-order valence-electron chi connectivity index (χ0n) is 12.2. The molecule has 1 heterocycles. The van der Waals surface area contributed by atoms with E-state index in [0.717, 1.165) is 31.5 Å². The van der Waals surface area contributed by atoms with Crippen molar-refractivity contribution >= 4 is 11.6 Å². The second kappa shape index (κ2) is 6.67. The first-order chi connectivity index (χ1) is 9.98. The summed E-state index contributed by atoms with van der Waals surface area (Å²) in [4.78, 5) is 22.1. The summed E-state index contributed by atoms with van der Waals surface area (Å²) in [6.07, 6.45) is 2.49. The van der Waals surface area contributed by atoms with Crippen LogP contribution in [0.2, 0.25) is 0 Å². The maximum Gasteiger partial charge on any atom is 0.269 e. The van der Waals surface area contributed by atoms with E-state index in [4.69, 9.17) is 0 Å². The van der Waals surface area contributed by atoms with E-state index in [0.29, 0.717) is 6.54 Å². The molecule has 1 aromatic rings. The molecule has 1 atom stereocenters. The Morgan fingerprint density at radius 1 is 1.43 bits per heavy atom. The Morgan fingerprint density at radius 3 is 2.71 bits per heavy atom. The van der Waals surface area contributed by atoms with Gasteiger partial charge in [-0.15, -0.1) is 0 Å². The fourth-order valence-corrected chi connectivity index (χ4v) is 2.56. The number of amides is 1. The Hall–Kier alpha value is -1.95. The Bertz CT molecular complexity index is 507. The minimum absolute atomic E-state index is 0.0416. The van der Waals surface area contributed by atoms with Gasteiger partial charge in [-0.3, -0.25) is 14.9 Å². The molecule has 1 aliphatic heterocycles. The number of benzene rings is 1. The molecule has 1 fully saturated rings. The van der Waals surface area contributed by atoms with Crippen LogP contribution in [-0.2, 0) is 11.2 Å². The fourth-order valence-electron chi connectivity index (χ4n) is 2.56. The normalized spacial score (nSPS) is 21.8. The maximum atomic E-state index is 12.0. The predicted molar refractivity (Wildman–Crippen MR) is 80.0 cm³/mol. The molecule has 1 amide bonds. The number of carbonyl (C=O) groups excluding carboxylic acids is 1. The first-order valence-corrected chi connectivity index (χ1v) is 7.19. The number of non-ortho nitro benzene ring substituents is 1. The lowest BCUT2D eigenvalue weighted by Crippen LogP contribution is -2.45. The number of nitro groups is 1. The van der Waals surface area contributed by atoms with Crippen molar-refractivity contribution in [2.45, 2.75) is 26.2 Å². The first kappa shape index (κ1) is 15.4. The lowest BCUT2D eigenvalue weighted by Gasteiger charge is -2.34.